The summed E-state index contributed by atoms with van der Waals surface area (Å²) < 4.78 is 11.2. The van der Waals surface area contributed by atoms with E-state index in [0.29, 0.717) is 5.88 Å². The Morgan fingerprint density at radius 2 is 2.05 bits per heavy atom. The Morgan fingerprint density at radius 1 is 1.32 bits per heavy atom. The number of hydrogen-bond donors (Lipinski definition) is 2. The molecule has 19 heavy (non-hydrogen) atoms. The fraction of sp³-hybridized carbons (Fsp3) is 0.357. The van der Waals surface area contributed by atoms with Crippen molar-refractivity contribution in [1.82, 2.24) is 15.5 Å². The largest absolute Gasteiger partial charge is 0.496 e. The first-order chi connectivity index (χ1) is 9.15. The summed E-state index contributed by atoms with van der Waals surface area (Å²) in [6.07, 6.45) is 0. The molecule has 2 aromatic rings. The van der Waals surface area contributed by atoms with Crippen LogP contribution in [0.5, 0.6) is 17.4 Å². The van der Waals surface area contributed by atoms with Crippen LogP contribution in [0.3, 0.4) is 0 Å². The molecule has 2 N–H and O–H groups in total. The zero-order valence-corrected chi connectivity index (χ0v) is 11.7. The Morgan fingerprint density at radius 3 is 2.63 bits per heavy atom. The molecule has 5 heteroatoms. The summed E-state index contributed by atoms with van der Waals surface area (Å²) in [4.78, 5) is 0. The Balaban J connectivity index is 2.38. The van der Waals surface area contributed by atoms with Gasteiger partial charge in [0.25, 0.3) is 0 Å². The Labute approximate surface area is 112 Å². The first kappa shape index (κ1) is 13.4. The van der Waals surface area contributed by atoms with Gasteiger partial charge in [-0.15, -0.1) is 5.10 Å². The van der Waals surface area contributed by atoms with Crippen LogP contribution < -0.4 is 14.8 Å². The highest BCUT2D eigenvalue weighted by Crippen LogP contribution is 2.35. The van der Waals surface area contributed by atoms with Gasteiger partial charge in [-0.25, -0.2) is 0 Å². The zero-order chi connectivity index (χ0) is 13.8. The van der Waals surface area contributed by atoms with Crippen molar-refractivity contribution >= 4 is 0 Å². The molecule has 0 saturated carbocycles. The van der Waals surface area contributed by atoms with Gasteiger partial charge in [0.2, 0.25) is 5.88 Å². The van der Waals surface area contributed by atoms with E-state index in [9.17, 15) is 0 Å². The summed E-state index contributed by atoms with van der Waals surface area (Å²) in [7, 11) is 3.56. The molecule has 1 atom stereocenters. The van der Waals surface area contributed by atoms with Crippen molar-refractivity contribution < 1.29 is 9.47 Å². The van der Waals surface area contributed by atoms with Crippen LogP contribution in [0, 0.1) is 6.92 Å². The summed E-state index contributed by atoms with van der Waals surface area (Å²) in [5, 5.41) is 10.1. The smallest absolute Gasteiger partial charge is 0.238 e. The third-order valence-corrected chi connectivity index (χ3v) is 3.01. The minimum atomic E-state index is 0.117. The van der Waals surface area contributed by atoms with Crippen molar-refractivity contribution in [2.75, 3.05) is 14.2 Å². The topological polar surface area (TPSA) is 59.2 Å². The maximum absolute atomic E-state index is 5.83. The normalized spacial score (nSPS) is 12.2. The Hall–Kier alpha value is -2.01. The molecule has 1 heterocycles. The van der Waals surface area contributed by atoms with Crippen LogP contribution in [-0.4, -0.2) is 24.4 Å². The number of methoxy groups -OCH3 is 1. The fourth-order valence-electron chi connectivity index (χ4n) is 1.92. The number of H-pyrrole nitrogens is 1. The van der Waals surface area contributed by atoms with Crippen LogP contribution in [0.15, 0.2) is 24.3 Å². The number of aromatic nitrogens is 2. The molecule has 0 bridgehead atoms. The van der Waals surface area contributed by atoms with Gasteiger partial charge >= 0.3 is 0 Å². The lowest BCUT2D eigenvalue weighted by atomic mass is 10.1. The third kappa shape index (κ3) is 2.88. The highest BCUT2D eigenvalue weighted by molar-refractivity contribution is 5.48. The average Bonchev–Trinajstić information content (AvgIpc) is 2.83. The Kier molecular flexibility index (Phi) is 4.06. The SMILES string of the molecule is CNC(C)c1c(OC)cccc1Oc1cc(C)[nH]n1. The summed E-state index contributed by atoms with van der Waals surface area (Å²) in [6, 6.07) is 7.71. The molecule has 1 unspecified atom stereocenters. The van der Waals surface area contributed by atoms with Crippen LogP contribution >= 0.6 is 0 Å². The van der Waals surface area contributed by atoms with Crippen molar-refractivity contribution in [3.05, 3.63) is 35.5 Å². The molecule has 0 amide bonds. The lowest BCUT2D eigenvalue weighted by Crippen LogP contribution is -2.14. The molecule has 1 aromatic carbocycles. The van der Waals surface area contributed by atoms with E-state index in [4.69, 9.17) is 9.47 Å². The van der Waals surface area contributed by atoms with Crippen LogP contribution in [0.2, 0.25) is 0 Å². The quantitative estimate of drug-likeness (QED) is 0.869. The predicted molar refractivity (Wildman–Crippen MR) is 73.9 cm³/mol. The first-order valence-electron chi connectivity index (χ1n) is 6.19. The van der Waals surface area contributed by atoms with Gasteiger partial charge in [-0.1, -0.05) is 6.07 Å². The van der Waals surface area contributed by atoms with E-state index in [-0.39, 0.29) is 6.04 Å². The molecule has 0 saturated heterocycles. The van der Waals surface area contributed by atoms with Crippen molar-refractivity contribution in [2.45, 2.75) is 19.9 Å². The van der Waals surface area contributed by atoms with Crippen molar-refractivity contribution in [3.8, 4) is 17.4 Å². The first-order valence-corrected chi connectivity index (χ1v) is 6.19. The van der Waals surface area contributed by atoms with E-state index < -0.39 is 0 Å². The second-order valence-electron chi connectivity index (χ2n) is 4.37. The molecule has 0 radical (unpaired) electrons. The molecule has 1 aromatic heterocycles. The van der Waals surface area contributed by atoms with Gasteiger partial charge < -0.3 is 14.8 Å². The molecule has 2 rings (SSSR count). The van der Waals surface area contributed by atoms with E-state index >= 15 is 0 Å². The lowest BCUT2D eigenvalue weighted by molar-refractivity contribution is 0.390. The zero-order valence-electron chi connectivity index (χ0n) is 11.7. The van der Waals surface area contributed by atoms with Gasteiger partial charge in [-0.2, -0.15) is 0 Å². The number of rotatable bonds is 5. The van der Waals surface area contributed by atoms with E-state index in [1.807, 2.05) is 38.2 Å². The van der Waals surface area contributed by atoms with Gasteiger partial charge in [0, 0.05) is 17.8 Å². The van der Waals surface area contributed by atoms with Crippen molar-refractivity contribution in [1.29, 1.82) is 0 Å². The second-order valence-corrected chi connectivity index (χ2v) is 4.37. The summed E-state index contributed by atoms with van der Waals surface area (Å²) in [5.74, 6) is 2.09. The van der Waals surface area contributed by atoms with Gasteiger partial charge in [0.1, 0.15) is 11.5 Å². The van der Waals surface area contributed by atoms with E-state index in [1.54, 1.807) is 7.11 Å². The molecule has 102 valence electrons. The minimum absolute atomic E-state index is 0.117. The van der Waals surface area contributed by atoms with Gasteiger partial charge in [-0.05, 0) is 33.0 Å². The molecule has 0 aliphatic rings. The second kappa shape index (κ2) is 5.75. The number of aryl methyl sites for hydroxylation is 1. The maximum atomic E-state index is 5.83. The minimum Gasteiger partial charge on any atom is -0.496 e. The van der Waals surface area contributed by atoms with Gasteiger partial charge in [0.15, 0.2) is 0 Å². The predicted octanol–water partition coefficient (Wildman–Crippen LogP) is 2.80. The molecule has 5 nitrogen and oxygen atoms in total. The number of ether oxygens (including phenoxy) is 2. The van der Waals surface area contributed by atoms with Crippen LogP contribution in [0.1, 0.15) is 24.2 Å². The van der Waals surface area contributed by atoms with Crippen molar-refractivity contribution in [3.63, 3.8) is 0 Å². The average molecular weight is 261 g/mol. The monoisotopic (exact) mass is 261 g/mol. The Bertz CT molecular complexity index is 551. The van der Waals surface area contributed by atoms with Crippen molar-refractivity contribution in [2.24, 2.45) is 0 Å². The number of benzene rings is 1. The number of nitrogens with one attached hydrogen (secondary N) is 2. The third-order valence-electron chi connectivity index (χ3n) is 3.01. The van der Waals surface area contributed by atoms with Crippen LogP contribution in [0.4, 0.5) is 0 Å². The van der Waals surface area contributed by atoms with E-state index in [0.717, 1.165) is 22.8 Å². The van der Waals surface area contributed by atoms with Gasteiger partial charge in [0.05, 0.1) is 12.7 Å². The molecule has 0 fully saturated rings. The van der Waals surface area contributed by atoms with E-state index in [2.05, 4.69) is 22.4 Å². The molecule has 0 spiro atoms. The molecular weight excluding hydrogens is 242 g/mol. The fourth-order valence-corrected chi connectivity index (χ4v) is 1.92. The molecular formula is C14H19N3O2. The number of aromatic amines is 1. The van der Waals surface area contributed by atoms with E-state index in [1.165, 1.54) is 0 Å². The van der Waals surface area contributed by atoms with Crippen LogP contribution in [0.25, 0.3) is 0 Å². The highest BCUT2D eigenvalue weighted by atomic mass is 16.5. The number of nitrogens with zero attached hydrogens (tertiary/aromatic N) is 1. The summed E-state index contributed by atoms with van der Waals surface area (Å²) in [6.45, 7) is 3.99. The summed E-state index contributed by atoms with van der Waals surface area (Å²) >= 11 is 0. The van der Waals surface area contributed by atoms with Gasteiger partial charge in [-0.3, -0.25) is 5.10 Å². The number of hydrogen-bond acceptors (Lipinski definition) is 4. The summed E-state index contributed by atoms with van der Waals surface area (Å²) in [5.41, 5.74) is 1.94. The highest BCUT2D eigenvalue weighted by Gasteiger charge is 2.17. The maximum Gasteiger partial charge on any atom is 0.238 e. The lowest BCUT2D eigenvalue weighted by Gasteiger charge is -2.18. The van der Waals surface area contributed by atoms with Crippen LogP contribution in [-0.2, 0) is 0 Å². The standard InChI is InChI=1S/C14H19N3O2/c1-9-8-13(17-16-9)19-12-7-5-6-11(18-4)14(12)10(2)15-3/h5-8,10,15H,1-4H3,(H,16,17). The molecule has 0 aliphatic heterocycles. The molecule has 0 aliphatic carbocycles.